The summed E-state index contributed by atoms with van der Waals surface area (Å²) in [4.78, 5) is 26.2. The first-order valence-corrected chi connectivity index (χ1v) is 10.4. The van der Waals surface area contributed by atoms with Crippen LogP contribution in [0.3, 0.4) is 0 Å². The summed E-state index contributed by atoms with van der Waals surface area (Å²) < 4.78 is 0. The van der Waals surface area contributed by atoms with Gasteiger partial charge in [0, 0.05) is 25.3 Å². The highest BCUT2D eigenvalue weighted by atomic mass is 32.1. The lowest BCUT2D eigenvalue weighted by Crippen LogP contribution is -2.41. The number of likely N-dealkylation sites (tertiary alicyclic amines) is 1. The average molecular weight is 386 g/mol. The number of anilines is 1. The maximum absolute atomic E-state index is 12.4. The number of piperidine rings is 1. The van der Waals surface area contributed by atoms with Crippen molar-refractivity contribution >= 4 is 29.0 Å². The normalized spacial score (nSPS) is 14.8. The quantitative estimate of drug-likeness (QED) is 0.788. The summed E-state index contributed by atoms with van der Waals surface area (Å²) in [6.45, 7) is 4.28. The number of amides is 3. The van der Waals surface area contributed by atoms with Crippen molar-refractivity contribution in [1.82, 2.24) is 10.2 Å². The maximum Gasteiger partial charge on any atom is 0.321 e. The molecule has 1 fully saturated rings. The van der Waals surface area contributed by atoms with Crippen molar-refractivity contribution in [2.45, 2.75) is 32.6 Å². The van der Waals surface area contributed by atoms with E-state index in [2.05, 4.69) is 10.6 Å². The first-order valence-electron chi connectivity index (χ1n) is 9.50. The van der Waals surface area contributed by atoms with Crippen LogP contribution < -0.4 is 10.6 Å². The molecule has 27 heavy (non-hydrogen) atoms. The summed E-state index contributed by atoms with van der Waals surface area (Å²) in [5, 5.41) is 9.98. The van der Waals surface area contributed by atoms with Crippen LogP contribution in [0.15, 0.2) is 41.1 Å². The van der Waals surface area contributed by atoms with E-state index in [0.717, 1.165) is 43.6 Å². The smallest absolute Gasteiger partial charge is 0.321 e. The number of nitrogens with zero attached hydrogens (tertiary/aromatic N) is 1. The average Bonchev–Trinajstić information content (AvgIpc) is 3.17. The number of urea groups is 1. The molecular formula is C21H27N3O2S. The molecule has 0 saturated carbocycles. The molecule has 1 aliphatic heterocycles. The topological polar surface area (TPSA) is 61.4 Å². The molecule has 1 aliphatic rings. The van der Waals surface area contributed by atoms with E-state index in [0.29, 0.717) is 18.9 Å². The van der Waals surface area contributed by atoms with Crippen LogP contribution in [0.25, 0.3) is 0 Å². The molecule has 3 rings (SSSR count). The Morgan fingerprint density at radius 2 is 1.89 bits per heavy atom. The predicted octanol–water partition coefficient (Wildman–Crippen LogP) is 4.05. The number of hydrogen-bond acceptors (Lipinski definition) is 3. The van der Waals surface area contributed by atoms with Crippen LogP contribution in [-0.4, -0.2) is 36.5 Å². The minimum atomic E-state index is -0.0265. The Hall–Kier alpha value is -2.34. The first-order chi connectivity index (χ1) is 13.1. The van der Waals surface area contributed by atoms with Crippen molar-refractivity contribution in [2.24, 2.45) is 5.92 Å². The van der Waals surface area contributed by atoms with Crippen LogP contribution in [0.2, 0.25) is 0 Å². The van der Waals surface area contributed by atoms with Gasteiger partial charge >= 0.3 is 6.03 Å². The fourth-order valence-corrected chi connectivity index (χ4v) is 3.99. The largest absolute Gasteiger partial charge is 0.356 e. The summed E-state index contributed by atoms with van der Waals surface area (Å²) in [6.07, 6.45) is 3.41. The molecular weight excluding hydrogens is 358 g/mol. The van der Waals surface area contributed by atoms with Gasteiger partial charge in [-0.1, -0.05) is 17.7 Å². The van der Waals surface area contributed by atoms with E-state index >= 15 is 0 Å². The number of thiophene rings is 1. The van der Waals surface area contributed by atoms with Gasteiger partial charge in [0.25, 0.3) is 0 Å². The van der Waals surface area contributed by atoms with E-state index in [9.17, 15) is 9.59 Å². The molecule has 1 aromatic carbocycles. The molecule has 3 amide bonds. The Balaban J connectivity index is 1.33. The third-order valence-electron chi connectivity index (χ3n) is 5.02. The van der Waals surface area contributed by atoms with E-state index < -0.39 is 0 Å². The molecule has 1 aromatic heterocycles. The highest BCUT2D eigenvalue weighted by molar-refractivity contribution is 7.08. The van der Waals surface area contributed by atoms with Gasteiger partial charge in [-0.25, -0.2) is 4.79 Å². The lowest BCUT2D eigenvalue weighted by Gasteiger charge is -2.32. The Kier molecular flexibility index (Phi) is 6.87. The molecule has 0 atom stereocenters. The lowest BCUT2D eigenvalue weighted by molar-refractivity contribution is -0.120. The van der Waals surface area contributed by atoms with Gasteiger partial charge in [-0.3, -0.25) is 4.79 Å². The zero-order valence-electron chi connectivity index (χ0n) is 15.7. The van der Waals surface area contributed by atoms with Gasteiger partial charge < -0.3 is 15.5 Å². The van der Waals surface area contributed by atoms with Crippen LogP contribution in [0.1, 0.15) is 30.4 Å². The van der Waals surface area contributed by atoms with Gasteiger partial charge in [0.15, 0.2) is 0 Å². The molecule has 144 valence electrons. The number of carbonyl (C=O) groups is 2. The van der Waals surface area contributed by atoms with Gasteiger partial charge in [-0.15, -0.1) is 0 Å². The highest BCUT2D eigenvalue weighted by Crippen LogP contribution is 2.21. The molecule has 0 unspecified atom stereocenters. The predicted molar refractivity (Wildman–Crippen MR) is 110 cm³/mol. The van der Waals surface area contributed by atoms with Crippen LogP contribution in [0, 0.1) is 12.8 Å². The van der Waals surface area contributed by atoms with Crippen molar-refractivity contribution in [3.8, 4) is 0 Å². The van der Waals surface area contributed by atoms with E-state index in [1.54, 1.807) is 11.3 Å². The van der Waals surface area contributed by atoms with Crippen LogP contribution in [-0.2, 0) is 11.2 Å². The van der Waals surface area contributed by atoms with E-state index in [1.165, 1.54) is 5.56 Å². The second-order valence-electron chi connectivity index (χ2n) is 7.17. The Labute approximate surface area is 164 Å². The zero-order valence-corrected chi connectivity index (χ0v) is 16.6. The monoisotopic (exact) mass is 385 g/mol. The van der Waals surface area contributed by atoms with E-state index in [1.807, 2.05) is 52.9 Å². The van der Waals surface area contributed by atoms with Gasteiger partial charge in [-0.2, -0.15) is 11.3 Å². The van der Waals surface area contributed by atoms with E-state index in [-0.39, 0.29) is 11.9 Å². The number of rotatable bonds is 6. The molecule has 2 aromatic rings. The van der Waals surface area contributed by atoms with Crippen molar-refractivity contribution in [3.05, 3.63) is 52.2 Å². The van der Waals surface area contributed by atoms with Crippen molar-refractivity contribution in [1.29, 1.82) is 0 Å². The van der Waals surface area contributed by atoms with Gasteiger partial charge in [-0.05, 0) is 66.6 Å². The number of hydrogen-bond donors (Lipinski definition) is 2. The van der Waals surface area contributed by atoms with Gasteiger partial charge in [0.1, 0.15) is 0 Å². The summed E-state index contributed by atoms with van der Waals surface area (Å²) in [6, 6.07) is 9.81. The van der Waals surface area contributed by atoms with Gasteiger partial charge in [0.2, 0.25) is 5.91 Å². The number of nitrogens with one attached hydrogen (secondary N) is 2. The fourth-order valence-electron chi connectivity index (χ4n) is 3.32. The summed E-state index contributed by atoms with van der Waals surface area (Å²) in [7, 11) is 0. The molecule has 2 heterocycles. The molecule has 0 spiro atoms. The Bertz CT molecular complexity index is 735. The minimum Gasteiger partial charge on any atom is -0.356 e. The first kappa shape index (κ1) is 19.4. The van der Waals surface area contributed by atoms with Crippen molar-refractivity contribution in [2.75, 3.05) is 25.0 Å². The summed E-state index contributed by atoms with van der Waals surface area (Å²) >= 11 is 1.61. The minimum absolute atomic E-state index is 0.0265. The molecule has 2 N–H and O–H groups in total. The standard InChI is InChI=1S/C21H27N3O2S/c1-16-2-4-19(5-3-16)23-21(26)24-11-7-17(8-12-24)6-10-22-20(25)14-18-9-13-27-15-18/h2-5,9,13,15,17H,6-8,10-12,14H2,1H3,(H,22,25)(H,23,26). The van der Waals surface area contributed by atoms with Crippen molar-refractivity contribution < 1.29 is 9.59 Å². The van der Waals surface area contributed by atoms with Crippen LogP contribution >= 0.6 is 11.3 Å². The number of aryl methyl sites for hydroxylation is 1. The lowest BCUT2D eigenvalue weighted by atomic mass is 9.93. The molecule has 0 radical (unpaired) electrons. The second kappa shape index (κ2) is 9.55. The molecule has 1 saturated heterocycles. The molecule has 0 bridgehead atoms. The Morgan fingerprint density at radius 3 is 2.56 bits per heavy atom. The third kappa shape index (κ3) is 6.10. The van der Waals surface area contributed by atoms with Crippen LogP contribution in [0.5, 0.6) is 0 Å². The fraction of sp³-hybridized carbons (Fsp3) is 0.429. The molecule has 6 heteroatoms. The molecule has 0 aliphatic carbocycles. The summed E-state index contributed by atoms with van der Waals surface area (Å²) in [5.74, 6) is 0.651. The zero-order chi connectivity index (χ0) is 19.1. The van der Waals surface area contributed by atoms with Gasteiger partial charge in [0.05, 0.1) is 6.42 Å². The van der Waals surface area contributed by atoms with E-state index in [4.69, 9.17) is 0 Å². The Morgan fingerprint density at radius 1 is 1.15 bits per heavy atom. The second-order valence-corrected chi connectivity index (χ2v) is 7.95. The third-order valence-corrected chi connectivity index (χ3v) is 5.76. The maximum atomic E-state index is 12.4. The highest BCUT2D eigenvalue weighted by Gasteiger charge is 2.22. The van der Waals surface area contributed by atoms with Crippen LogP contribution in [0.4, 0.5) is 10.5 Å². The summed E-state index contributed by atoms with van der Waals surface area (Å²) in [5.41, 5.74) is 3.09. The SMILES string of the molecule is Cc1ccc(NC(=O)N2CCC(CCNC(=O)Cc3ccsc3)CC2)cc1. The molecule has 5 nitrogen and oxygen atoms in total. The number of benzene rings is 1. The van der Waals surface area contributed by atoms with Crippen molar-refractivity contribution in [3.63, 3.8) is 0 Å². The number of carbonyl (C=O) groups excluding carboxylic acids is 2.